The van der Waals surface area contributed by atoms with Crippen molar-refractivity contribution in [3.63, 3.8) is 0 Å². The maximum atomic E-state index is 12.4. The molecule has 18 heavy (non-hydrogen) atoms. The summed E-state index contributed by atoms with van der Waals surface area (Å²) in [7, 11) is 1.53. The third kappa shape index (κ3) is 2.18. The topological polar surface area (TPSA) is 65.2 Å². The zero-order valence-corrected chi connectivity index (χ0v) is 10.3. The fourth-order valence-corrected chi connectivity index (χ4v) is 1.74. The SMILES string of the molecule is COc1ccccc1C(=O)c1cc(C)cnc1N. The van der Waals surface area contributed by atoms with Gasteiger partial charge in [-0.15, -0.1) is 0 Å². The Morgan fingerprint density at radius 3 is 2.72 bits per heavy atom. The zero-order chi connectivity index (χ0) is 13.1. The van der Waals surface area contributed by atoms with Gasteiger partial charge in [-0.05, 0) is 30.7 Å². The van der Waals surface area contributed by atoms with Crippen molar-refractivity contribution in [2.45, 2.75) is 6.92 Å². The number of nitrogens with zero attached hydrogens (tertiary/aromatic N) is 1. The maximum Gasteiger partial charge on any atom is 0.200 e. The van der Waals surface area contributed by atoms with Crippen molar-refractivity contribution in [2.75, 3.05) is 12.8 Å². The van der Waals surface area contributed by atoms with E-state index in [1.807, 2.05) is 13.0 Å². The van der Waals surface area contributed by atoms with Crippen LogP contribution in [0.3, 0.4) is 0 Å². The number of aryl methyl sites for hydroxylation is 1. The summed E-state index contributed by atoms with van der Waals surface area (Å²) in [5.74, 6) is 0.584. The van der Waals surface area contributed by atoms with Crippen molar-refractivity contribution in [2.24, 2.45) is 0 Å². The molecule has 0 aliphatic rings. The monoisotopic (exact) mass is 242 g/mol. The second kappa shape index (κ2) is 4.87. The summed E-state index contributed by atoms with van der Waals surface area (Å²) in [5, 5.41) is 0. The molecule has 0 amide bonds. The Bertz CT molecular complexity index is 594. The fourth-order valence-electron chi connectivity index (χ4n) is 1.74. The molecule has 0 aliphatic heterocycles. The molecule has 0 aliphatic carbocycles. The first-order valence-electron chi connectivity index (χ1n) is 5.53. The van der Waals surface area contributed by atoms with E-state index in [0.29, 0.717) is 16.9 Å². The van der Waals surface area contributed by atoms with Crippen LogP contribution in [0.2, 0.25) is 0 Å². The first-order valence-corrected chi connectivity index (χ1v) is 5.53. The van der Waals surface area contributed by atoms with Gasteiger partial charge in [0, 0.05) is 6.20 Å². The minimum atomic E-state index is -0.179. The van der Waals surface area contributed by atoms with E-state index in [-0.39, 0.29) is 11.6 Å². The molecule has 2 N–H and O–H groups in total. The highest BCUT2D eigenvalue weighted by Gasteiger charge is 2.17. The molecule has 0 unspecified atom stereocenters. The number of hydrogen-bond donors (Lipinski definition) is 1. The van der Waals surface area contributed by atoms with Gasteiger partial charge >= 0.3 is 0 Å². The number of aromatic nitrogens is 1. The van der Waals surface area contributed by atoms with Crippen LogP contribution in [-0.4, -0.2) is 17.9 Å². The molecular formula is C14H14N2O2. The Balaban J connectivity index is 2.51. The molecule has 0 atom stereocenters. The van der Waals surface area contributed by atoms with Crippen molar-refractivity contribution < 1.29 is 9.53 Å². The van der Waals surface area contributed by atoms with Crippen LogP contribution in [0.25, 0.3) is 0 Å². The number of carbonyl (C=O) groups excluding carboxylic acids is 1. The predicted octanol–water partition coefficient (Wildman–Crippen LogP) is 2.21. The number of ether oxygens (including phenoxy) is 1. The zero-order valence-electron chi connectivity index (χ0n) is 10.3. The van der Waals surface area contributed by atoms with Gasteiger partial charge in [0.05, 0.1) is 18.2 Å². The number of hydrogen-bond acceptors (Lipinski definition) is 4. The Kier molecular flexibility index (Phi) is 3.28. The number of rotatable bonds is 3. The van der Waals surface area contributed by atoms with Crippen LogP contribution in [0.4, 0.5) is 5.82 Å². The molecule has 0 saturated carbocycles. The summed E-state index contributed by atoms with van der Waals surface area (Å²) < 4.78 is 5.18. The second-order valence-corrected chi connectivity index (χ2v) is 3.97. The van der Waals surface area contributed by atoms with Crippen molar-refractivity contribution in [3.05, 3.63) is 53.2 Å². The van der Waals surface area contributed by atoms with Gasteiger partial charge < -0.3 is 10.5 Å². The van der Waals surface area contributed by atoms with E-state index in [1.165, 1.54) is 7.11 Å². The van der Waals surface area contributed by atoms with Gasteiger partial charge in [-0.25, -0.2) is 4.98 Å². The number of anilines is 1. The molecule has 1 heterocycles. The van der Waals surface area contributed by atoms with E-state index >= 15 is 0 Å². The second-order valence-electron chi connectivity index (χ2n) is 3.97. The van der Waals surface area contributed by atoms with Crippen LogP contribution in [0.1, 0.15) is 21.5 Å². The lowest BCUT2D eigenvalue weighted by atomic mass is 10.0. The number of pyridine rings is 1. The Morgan fingerprint density at radius 2 is 2.00 bits per heavy atom. The van der Waals surface area contributed by atoms with Crippen LogP contribution in [0.15, 0.2) is 36.5 Å². The van der Waals surface area contributed by atoms with Crippen molar-refractivity contribution >= 4 is 11.6 Å². The number of methoxy groups -OCH3 is 1. The number of benzene rings is 1. The molecule has 4 nitrogen and oxygen atoms in total. The van der Waals surface area contributed by atoms with Crippen LogP contribution < -0.4 is 10.5 Å². The minimum absolute atomic E-state index is 0.179. The highest BCUT2D eigenvalue weighted by molar-refractivity contribution is 6.13. The van der Waals surface area contributed by atoms with Crippen LogP contribution >= 0.6 is 0 Å². The lowest BCUT2D eigenvalue weighted by Gasteiger charge is -2.09. The molecule has 0 saturated heterocycles. The Morgan fingerprint density at radius 1 is 1.28 bits per heavy atom. The van der Waals surface area contributed by atoms with E-state index in [2.05, 4.69) is 4.98 Å². The van der Waals surface area contributed by atoms with E-state index in [9.17, 15) is 4.79 Å². The molecule has 0 fully saturated rings. The van der Waals surface area contributed by atoms with Gasteiger partial charge in [-0.2, -0.15) is 0 Å². The number of carbonyl (C=O) groups is 1. The lowest BCUT2D eigenvalue weighted by molar-refractivity contribution is 0.103. The lowest BCUT2D eigenvalue weighted by Crippen LogP contribution is -2.08. The van der Waals surface area contributed by atoms with Crippen LogP contribution in [-0.2, 0) is 0 Å². The van der Waals surface area contributed by atoms with Crippen molar-refractivity contribution in [3.8, 4) is 5.75 Å². The van der Waals surface area contributed by atoms with E-state index in [4.69, 9.17) is 10.5 Å². The molecule has 0 radical (unpaired) electrons. The standard InChI is InChI=1S/C14H14N2O2/c1-9-7-11(14(15)16-8-9)13(17)10-5-3-4-6-12(10)18-2/h3-8H,1-2H3,(H2,15,16). The van der Waals surface area contributed by atoms with Crippen molar-refractivity contribution in [1.29, 1.82) is 0 Å². The van der Waals surface area contributed by atoms with Crippen LogP contribution in [0, 0.1) is 6.92 Å². The molecule has 1 aromatic heterocycles. The van der Waals surface area contributed by atoms with E-state index in [0.717, 1.165) is 5.56 Å². The molecular weight excluding hydrogens is 228 g/mol. The summed E-state index contributed by atoms with van der Waals surface area (Å²) >= 11 is 0. The molecule has 0 spiro atoms. The number of ketones is 1. The largest absolute Gasteiger partial charge is 0.496 e. The summed E-state index contributed by atoms with van der Waals surface area (Å²) in [6, 6.07) is 8.79. The number of nitrogen functional groups attached to an aromatic ring is 1. The van der Waals surface area contributed by atoms with Gasteiger partial charge in [0.2, 0.25) is 0 Å². The molecule has 1 aromatic carbocycles. The van der Waals surface area contributed by atoms with E-state index in [1.54, 1.807) is 30.5 Å². The van der Waals surface area contributed by atoms with E-state index < -0.39 is 0 Å². The third-order valence-corrected chi connectivity index (χ3v) is 2.65. The fraction of sp³-hybridized carbons (Fsp3) is 0.143. The van der Waals surface area contributed by atoms with Crippen LogP contribution in [0.5, 0.6) is 5.75 Å². The van der Waals surface area contributed by atoms with Crippen molar-refractivity contribution in [1.82, 2.24) is 4.98 Å². The first kappa shape index (κ1) is 12.1. The molecule has 2 aromatic rings. The highest BCUT2D eigenvalue weighted by Crippen LogP contribution is 2.23. The summed E-state index contributed by atoms with van der Waals surface area (Å²) in [6.45, 7) is 1.87. The average Bonchev–Trinajstić information content (AvgIpc) is 2.40. The molecule has 92 valence electrons. The normalized spacial score (nSPS) is 10.1. The summed E-state index contributed by atoms with van der Waals surface area (Å²) in [5.41, 5.74) is 7.53. The van der Waals surface area contributed by atoms with Gasteiger partial charge in [0.25, 0.3) is 0 Å². The van der Waals surface area contributed by atoms with Gasteiger partial charge in [-0.3, -0.25) is 4.79 Å². The summed E-state index contributed by atoms with van der Waals surface area (Å²) in [6.07, 6.45) is 1.63. The average molecular weight is 242 g/mol. The van der Waals surface area contributed by atoms with Gasteiger partial charge in [0.1, 0.15) is 11.6 Å². The number of nitrogens with two attached hydrogens (primary N) is 1. The minimum Gasteiger partial charge on any atom is -0.496 e. The van der Waals surface area contributed by atoms with Gasteiger partial charge in [-0.1, -0.05) is 12.1 Å². The first-order chi connectivity index (χ1) is 8.63. The highest BCUT2D eigenvalue weighted by atomic mass is 16.5. The Labute approximate surface area is 105 Å². The maximum absolute atomic E-state index is 12.4. The Hall–Kier alpha value is -2.36. The van der Waals surface area contributed by atoms with Gasteiger partial charge in [0.15, 0.2) is 5.78 Å². The smallest absolute Gasteiger partial charge is 0.200 e. The summed E-state index contributed by atoms with van der Waals surface area (Å²) in [4.78, 5) is 16.4. The number of para-hydroxylation sites is 1. The molecule has 4 heteroatoms. The molecule has 2 rings (SSSR count). The molecule has 0 bridgehead atoms. The third-order valence-electron chi connectivity index (χ3n) is 2.65. The quantitative estimate of drug-likeness (QED) is 0.838. The predicted molar refractivity (Wildman–Crippen MR) is 69.8 cm³/mol.